The van der Waals surface area contributed by atoms with Crippen LogP contribution in [-0.2, 0) is 4.79 Å². The van der Waals surface area contributed by atoms with E-state index in [1.54, 1.807) is 4.90 Å². The molecule has 1 saturated heterocycles. The molecule has 23 heavy (non-hydrogen) atoms. The molecule has 0 amide bonds. The first kappa shape index (κ1) is 13.5. The minimum Gasteiger partial charge on any atom is -0.480 e. The number of nitrogens with zero attached hydrogens (tertiary/aromatic N) is 4. The van der Waals surface area contributed by atoms with Gasteiger partial charge in [0, 0.05) is 11.9 Å². The second-order valence-electron chi connectivity index (χ2n) is 5.45. The lowest BCUT2D eigenvalue weighted by atomic mass is 10.2. The topological polar surface area (TPSA) is 103 Å². The van der Waals surface area contributed by atoms with Crippen LogP contribution in [-0.4, -0.2) is 33.6 Å². The van der Waals surface area contributed by atoms with Gasteiger partial charge >= 0.3 is 5.97 Å². The number of fused-ring (bicyclic) bond motifs is 3. The van der Waals surface area contributed by atoms with E-state index in [-0.39, 0.29) is 5.82 Å². The number of para-hydroxylation sites is 1. The Morgan fingerprint density at radius 2 is 2.22 bits per heavy atom. The van der Waals surface area contributed by atoms with Crippen molar-refractivity contribution >= 4 is 33.9 Å². The fourth-order valence-corrected chi connectivity index (χ4v) is 3.10. The Morgan fingerprint density at radius 3 is 3.00 bits per heavy atom. The maximum Gasteiger partial charge on any atom is 0.326 e. The van der Waals surface area contributed by atoms with Gasteiger partial charge < -0.3 is 14.4 Å². The molecule has 0 spiro atoms. The number of furan rings is 1. The summed E-state index contributed by atoms with van der Waals surface area (Å²) in [5, 5.41) is 19.4. The van der Waals surface area contributed by atoms with Crippen molar-refractivity contribution in [3.63, 3.8) is 0 Å². The van der Waals surface area contributed by atoms with E-state index in [0.717, 1.165) is 11.8 Å². The maximum atomic E-state index is 11.5. The van der Waals surface area contributed by atoms with Crippen molar-refractivity contribution < 1.29 is 14.3 Å². The molecule has 7 nitrogen and oxygen atoms in total. The van der Waals surface area contributed by atoms with Crippen LogP contribution in [0, 0.1) is 11.3 Å². The number of hydrogen-bond donors (Lipinski definition) is 1. The molecule has 0 bridgehead atoms. The third-order valence-corrected chi connectivity index (χ3v) is 4.11. The molecule has 3 aromatic rings. The Kier molecular flexibility index (Phi) is 2.91. The molecule has 1 aliphatic rings. The lowest BCUT2D eigenvalue weighted by molar-refractivity contribution is -0.138. The number of carbonyl (C=O) groups is 1. The molecule has 0 saturated carbocycles. The van der Waals surface area contributed by atoms with Crippen molar-refractivity contribution in [2.75, 3.05) is 11.4 Å². The Bertz CT molecular complexity index is 973. The van der Waals surface area contributed by atoms with Crippen LogP contribution in [0.25, 0.3) is 22.1 Å². The summed E-state index contributed by atoms with van der Waals surface area (Å²) in [6, 6.07) is 8.66. The second-order valence-corrected chi connectivity index (χ2v) is 5.45. The van der Waals surface area contributed by atoms with E-state index in [9.17, 15) is 15.2 Å². The van der Waals surface area contributed by atoms with Gasteiger partial charge in [-0.3, -0.25) is 0 Å². The Labute approximate surface area is 130 Å². The van der Waals surface area contributed by atoms with E-state index in [4.69, 9.17) is 4.42 Å². The van der Waals surface area contributed by atoms with Gasteiger partial charge in [-0.2, -0.15) is 10.2 Å². The first-order valence-corrected chi connectivity index (χ1v) is 7.28. The molecule has 1 fully saturated rings. The zero-order valence-electron chi connectivity index (χ0n) is 12.1. The molecular formula is C16H12N4O3. The Morgan fingerprint density at radius 1 is 1.39 bits per heavy atom. The van der Waals surface area contributed by atoms with Crippen LogP contribution in [0.1, 0.15) is 18.7 Å². The third-order valence-electron chi connectivity index (χ3n) is 4.11. The quantitative estimate of drug-likeness (QED) is 0.774. The molecule has 4 rings (SSSR count). The van der Waals surface area contributed by atoms with E-state index in [1.807, 2.05) is 30.3 Å². The number of aromatic nitrogens is 2. The lowest BCUT2D eigenvalue weighted by Gasteiger charge is -2.22. The standard InChI is InChI=1S/C16H12N4O3/c17-8-12-18-13-9-4-1-2-6-11(9)23-14(13)15(19-12)20-7-3-5-10(20)16(21)22/h1-2,4,6,10H,3,5,7H2,(H,21,22)/t10-/m0/s1. The maximum absolute atomic E-state index is 11.5. The molecule has 3 heterocycles. The number of nitriles is 1. The third kappa shape index (κ3) is 1.99. The number of anilines is 1. The molecule has 114 valence electrons. The molecule has 2 aromatic heterocycles. The van der Waals surface area contributed by atoms with Gasteiger partial charge in [0.15, 0.2) is 11.4 Å². The molecule has 1 atom stereocenters. The summed E-state index contributed by atoms with van der Waals surface area (Å²) in [5.74, 6) is -0.508. The molecule has 0 unspecified atom stereocenters. The zero-order chi connectivity index (χ0) is 16.0. The number of hydrogen-bond acceptors (Lipinski definition) is 6. The average Bonchev–Trinajstić information content (AvgIpc) is 3.18. The highest BCUT2D eigenvalue weighted by atomic mass is 16.4. The fourth-order valence-electron chi connectivity index (χ4n) is 3.10. The molecule has 0 aliphatic carbocycles. The van der Waals surface area contributed by atoms with Crippen LogP contribution in [0.4, 0.5) is 5.82 Å². The van der Waals surface area contributed by atoms with Crippen LogP contribution in [0.3, 0.4) is 0 Å². The summed E-state index contributed by atoms with van der Waals surface area (Å²) in [6.45, 7) is 0.561. The molecule has 1 N–H and O–H groups in total. The van der Waals surface area contributed by atoms with Crippen molar-refractivity contribution in [3.8, 4) is 6.07 Å². The van der Waals surface area contributed by atoms with E-state index >= 15 is 0 Å². The van der Waals surface area contributed by atoms with Gasteiger partial charge in [-0.25, -0.2) is 9.78 Å². The minimum absolute atomic E-state index is 0.00934. The average molecular weight is 308 g/mol. The van der Waals surface area contributed by atoms with Crippen LogP contribution in [0.15, 0.2) is 28.7 Å². The molecule has 1 aliphatic heterocycles. The molecular weight excluding hydrogens is 296 g/mol. The molecule has 1 aromatic carbocycles. The van der Waals surface area contributed by atoms with Crippen LogP contribution in [0.5, 0.6) is 0 Å². The highest BCUT2D eigenvalue weighted by Gasteiger charge is 2.34. The van der Waals surface area contributed by atoms with E-state index < -0.39 is 12.0 Å². The Balaban J connectivity index is 2.02. The predicted octanol–water partition coefficient (Wildman–Crippen LogP) is 2.30. The first-order chi connectivity index (χ1) is 11.2. The largest absolute Gasteiger partial charge is 0.480 e. The normalized spacial score (nSPS) is 17.7. The van der Waals surface area contributed by atoms with Crippen LogP contribution < -0.4 is 4.90 Å². The lowest BCUT2D eigenvalue weighted by Crippen LogP contribution is -2.36. The zero-order valence-corrected chi connectivity index (χ0v) is 12.1. The van der Waals surface area contributed by atoms with E-state index in [2.05, 4.69) is 9.97 Å². The van der Waals surface area contributed by atoms with Gasteiger partial charge in [-0.05, 0) is 25.0 Å². The van der Waals surface area contributed by atoms with Crippen molar-refractivity contribution in [2.45, 2.75) is 18.9 Å². The van der Waals surface area contributed by atoms with Gasteiger partial charge in [0.1, 0.15) is 23.2 Å². The highest BCUT2D eigenvalue weighted by molar-refractivity contribution is 6.06. The minimum atomic E-state index is -0.899. The summed E-state index contributed by atoms with van der Waals surface area (Å²) < 4.78 is 5.85. The predicted molar refractivity (Wildman–Crippen MR) is 82.0 cm³/mol. The number of aliphatic carboxylic acids is 1. The SMILES string of the molecule is N#Cc1nc(N2CCC[C@H]2C(=O)O)c2oc3ccccc3c2n1. The number of rotatable bonds is 2. The summed E-state index contributed by atoms with van der Waals surface area (Å²) in [7, 11) is 0. The van der Waals surface area contributed by atoms with Gasteiger partial charge in [0.25, 0.3) is 0 Å². The molecule has 0 radical (unpaired) electrons. The van der Waals surface area contributed by atoms with Gasteiger partial charge in [-0.1, -0.05) is 12.1 Å². The summed E-state index contributed by atoms with van der Waals surface area (Å²) in [6.07, 6.45) is 1.30. The van der Waals surface area contributed by atoms with Gasteiger partial charge in [0.2, 0.25) is 5.82 Å². The molecule has 7 heteroatoms. The first-order valence-electron chi connectivity index (χ1n) is 7.28. The van der Waals surface area contributed by atoms with Crippen molar-refractivity contribution in [1.29, 1.82) is 5.26 Å². The number of carboxylic acids is 1. The van der Waals surface area contributed by atoms with Crippen LogP contribution in [0.2, 0.25) is 0 Å². The fraction of sp³-hybridized carbons (Fsp3) is 0.250. The van der Waals surface area contributed by atoms with Crippen molar-refractivity contribution in [3.05, 3.63) is 30.1 Å². The summed E-state index contributed by atoms with van der Waals surface area (Å²) in [4.78, 5) is 21.6. The number of carboxylic acid groups (broad SMARTS) is 1. The smallest absolute Gasteiger partial charge is 0.326 e. The van der Waals surface area contributed by atoms with Crippen molar-refractivity contribution in [1.82, 2.24) is 9.97 Å². The van der Waals surface area contributed by atoms with Crippen LogP contribution >= 0.6 is 0 Å². The van der Waals surface area contributed by atoms with Gasteiger partial charge in [-0.15, -0.1) is 0 Å². The van der Waals surface area contributed by atoms with E-state index in [1.165, 1.54) is 0 Å². The van der Waals surface area contributed by atoms with Crippen molar-refractivity contribution in [2.24, 2.45) is 0 Å². The van der Waals surface area contributed by atoms with E-state index in [0.29, 0.717) is 35.5 Å². The second kappa shape index (κ2) is 4.95. The highest BCUT2D eigenvalue weighted by Crippen LogP contribution is 2.35. The van der Waals surface area contributed by atoms with Gasteiger partial charge in [0.05, 0.1) is 0 Å². The Hall–Kier alpha value is -3.14. The number of benzene rings is 1. The summed E-state index contributed by atoms with van der Waals surface area (Å²) in [5.41, 5.74) is 1.61. The monoisotopic (exact) mass is 308 g/mol. The summed E-state index contributed by atoms with van der Waals surface area (Å²) >= 11 is 0.